The van der Waals surface area contributed by atoms with Crippen LogP contribution in [0.5, 0.6) is 0 Å². The molecule has 1 aromatic rings. The van der Waals surface area contributed by atoms with Gasteiger partial charge in [-0.1, -0.05) is 13.0 Å². The molecular weight excluding hydrogens is 237 g/mol. The van der Waals surface area contributed by atoms with E-state index in [-0.39, 0.29) is 18.3 Å². The smallest absolute Gasteiger partial charge is 0.399 e. The fraction of sp³-hybridized carbons (Fsp3) is 0.667. The normalized spacial score (nSPS) is 26.5. The number of pyridine rings is 1. The second-order valence-corrected chi connectivity index (χ2v) is 7.16. The van der Waals surface area contributed by atoms with E-state index in [9.17, 15) is 0 Å². The first-order valence-corrected chi connectivity index (χ1v) is 7.05. The van der Waals surface area contributed by atoms with Crippen LogP contribution in [0.25, 0.3) is 0 Å². The SMILES string of the molecule is CC1(c2cncc(B3OC(C)(C)C(C)(C)O3)c2)CC1. The molecule has 1 saturated carbocycles. The average Bonchev–Trinajstić information content (AvgIpc) is 3.02. The molecule has 0 aromatic carbocycles. The summed E-state index contributed by atoms with van der Waals surface area (Å²) in [6.07, 6.45) is 6.34. The van der Waals surface area contributed by atoms with E-state index in [4.69, 9.17) is 9.31 Å². The predicted octanol–water partition coefficient (Wildman–Crippen LogP) is 2.43. The summed E-state index contributed by atoms with van der Waals surface area (Å²) in [4.78, 5) is 4.37. The van der Waals surface area contributed by atoms with Gasteiger partial charge in [0.25, 0.3) is 0 Å². The van der Waals surface area contributed by atoms with Crippen LogP contribution in [0.4, 0.5) is 0 Å². The van der Waals surface area contributed by atoms with Gasteiger partial charge < -0.3 is 9.31 Å². The molecular formula is C15H22BNO2. The Morgan fingerprint density at radius 2 is 1.58 bits per heavy atom. The van der Waals surface area contributed by atoms with Crippen molar-refractivity contribution in [3.05, 3.63) is 24.0 Å². The highest BCUT2D eigenvalue weighted by atomic mass is 16.7. The molecule has 4 heteroatoms. The third-order valence-electron chi connectivity index (χ3n) is 4.98. The van der Waals surface area contributed by atoms with Gasteiger partial charge in [-0.25, -0.2) is 0 Å². The lowest BCUT2D eigenvalue weighted by Crippen LogP contribution is -2.41. The fourth-order valence-electron chi connectivity index (χ4n) is 2.37. The van der Waals surface area contributed by atoms with Crippen LogP contribution in [0.3, 0.4) is 0 Å². The number of hydrogen-bond acceptors (Lipinski definition) is 3. The fourth-order valence-corrected chi connectivity index (χ4v) is 2.37. The summed E-state index contributed by atoms with van der Waals surface area (Å²) >= 11 is 0. The Bertz CT molecular complexity index is 493. The largest absolute Gasteiger partial charge is 0.496 e. The Kier molecular flexibility index (Phi) is 2.65. The van der Waals surface area contributed by atoms with Crippen LogP contribution in [0.1, 0.15) is 53.0 Å². The lowest BCUT2D eigenvalue weighted by atomic mass is 9.78. The third-order valence-corrected chi connectivity index (χ3v) is 4.98. The zero-order chi connectivity index (χ0) is 13.9. The van der Waals surface area contributed by atoms with Gasteiger partial charge in [0.1, 0.15) is 0 Å². The highest BCUT2D eigenvalue weighted by Crippen LogP contribution is 2.47. The van der Waals surface area contributed by atoms with Gasteiger partial charge in [-0.3, -0.25) is 4.98 Å². The van der Waals surface area contributed by atoms with Gasteiger partial charge in [-0.15, -0.1) is 0 Å². The summed E-state index contributed by atoms with van der Waals surface area (Å²) in [5, 5.41) is 0. The van der Waals surface area contributed by atoms with E-state index in [2.05, 4.69) is 45.7 Å². The third kappa shape index (κ3) is 2.11. The van der Waals surface area contributed by atoms with Crippen LogP contribution in [-0.4, -0.2) is 23.3 Å². The summed E-state index contributed by atoms with van der Waals surface area (Å²) in [5.41, 5.74) is 2.07. The average molecular weight is 259 g/mol. The van der Waals surface area contributed by atoms with Crippen molar-refractivity contribution in [1.82, 2.24) is 4.98 Å². The number of rotatable bonds is 2. The van der Waals surface area contributed by atoms with E-state index in [0.717, 1.165) is 5.46 Å². The van der Waals surface area contributed by atoms with Crippen molar-refractivity contribution in [2.24, 2.45) is 0 Å². The predicted molar refractivity (Wildman–Crippen MR) is 76.5 cm³/mol. The minimum atomic E-state index is -0.306. The van der Waals surface area contributed by atoms with E-state index in [0.29, 0.717) is 5.41 Å². The molecule has 1 aliphatic carbocycles. The van der Waals surface area contributed by atoms with Crippen LogP contribution in [0.15, 0.2) is 18.5 Å². The van der Waals surface area contributed by atoms with Gasteiger partial charge in [0.2, 0.25) is 0 Å². The number of hydrogen-bond donors (Lipinski definition) is 0. The lowest BCUT2D eigenvalue weighted by Gasteiger charge is -2.32. The molecule has 1 aliphatic heterocycles. The molecule has 0 atom stereocenters. The molecule has 0 spiro atoms. The Labute approximate surface area is 115 Å². The summed E-state index contributed by atoms with van der Waals surface area (Å²) in [6.45, 7) is 10.6. The summed E-state index contributed by atoms with van der Waals surface area (Å²) in [6, 6.07) is 2.20. The first-order valence-electron chi connectivity index (χ1n) is 7.05. The van der Waals surface area contributed by atoms with E-state index in [1.165, 1.54) is 18.4 Å². The molecule has 0 amide bonds. The van der Waals surface area contributed by atoms with Crippen LogP contribution < -0.4 is 5.46 Å². The topological polar surface area (TPSA) is 31.4 Å². The van der Waals surface area contributed by atoms with Crippen LogP contribution in [-0.2, 0) is 14.7 Å². The number of nitrogens with zero attached hydrogens (tertiary/aromatic N) is 1. The first kappa shape index (κ1) is 13.1. The number of aromatic nitrogens is 1. The molecule has 19 heavy (non-hydrogen) atoms. The van der Waals surface area contributed by atoms with Crippen LogP contribution >= 0.6 is 0 Å². The van der Waals surface area contributed by atoms with E-state index < -0.39 is 0 Å². The molecule has 0 radical (unpaired) electrons. The summed E-state index contributed by atoms with van der Waals surface area (Å²) in [5.74, 6) is 0. The quantitative estimate of drug-likeness (QED) is 0.764. The van der Waals surface area contributed by atoms with Crippen molar-refractivity contribution in [2.75, 3.05) is 0 Å². The van der Waals surface area contributed by atoms with E-state index in [1.54, 1.807) is 0 Å². The Hall–Kier alpha value is -0.865. The maximum atomic E-state index is 6.08. The molecule has 2 aliphatic rings. The molecule has 3 rings (SSSR count). The second-order valence-electron chi connectivity index (χ2n) is 7.16. The molecule has 3 nitrogen and oxygen atoms in total. The second kappa shape index (κ2) is 3.83. The van der Waals surface area contributed by atoms with Crippen molar-refractivity contribution >= 4 is 12.6 Å². The van der Waals surface area contributed by atoms with E-state index in [1.807, 2.05) is 12.4 Å². The molecule has 2 heterocycles. The molecule has 0 bridgehead atoms. The standard InChI is InChI=1S/C15H22BNO2/c1-13(2)14(3,4)19-16(18-13)12-8-11(9-17-10-12)15(5)6-7-15/h8-10H,6-7H2,1-5H3. The Morgan fingerprint density at radius 1 is 1.00 bits per heavy atom. The molecule has 1 aromatic heterocycles. The highest BCUT2D eigenvalue weighted by Gasteiger charge is 2.52. The zero-order valence-corrected chi connectivity index (χ0v) is 12.5. The Balaban J connectivity index is 1.88. The van der Waals surface area contributed by atoms with Gasteiger partial charge in [0.05, 0.1) is 11.2 Å². The van der Waals surface area contributed by atoms with Gasteiger partial charge in [0.15, 0.2) is 0 Å². The Morgan fingerprint density at radius 3 is 2.11 bits per heavy atom. The van der Waals surface area contributed by atoms with Gasteiger partial charge >= 0.3 is 7.12 Å². The zero-order valence-electron chi connectivity index (χ0n) is 12.5. The van der Waals surface area contributed by atoms with Crippen LogP contribution in [0.2, 0.25) is 0 Å². The van der Waals surface area contributed by atoms with Crippen LogP contribution in [0, 0.1) is 0 Å². The summed E-state index contributed by atoms with van der Waals surface area (Å²) in [7, 11) is -0.306. The maximum absolute atomic E-state index is 6.08. The summed E-state index contributed by atoms with van der Waals surface area (Å²) < 4.78 is 12.2. The van der Waals surface area contributed by atoms with Gasteiger partial charge in [0, 0.05) is 17.9 Å². The minimum absolute atomic E-state index is 0.294. The molecule has 0 unspecified atom stereocenters. The van der Waals surface area contributed by atoms with Crippen molar-refractivity contribution < 1.29 is 9.31 Å². The van der Waals surface area contributed by atoms with Crippen molar-refractivity contribution in [3.8, 4) is 0 Å². The van der Waals surface area contributed by atoms with Gasteiger partial charge in [-0.05, 0) is 51.5 Å². The highest BCUT2D eigenvalue weighted by molar-refractivity contribution is 6.62. The van der Waals surface area contributed by atoms with E-state index >= 15 is 0 Å². The van der Waals surface area contributed by atoms with Crippen molar-refractivity contribution in [2.45, 2.75) is 64.1 Å². The lowest BCUT2D eigenvalue weighted by molar-refractivity contribution is 0.00578. The maximum Gasteiger partial charge on any atom is 0.496 e. The molecule has 102 valence electrons. The van der Waals surface area contributed by atoms with Gasteiger partial charge in [-0.2, -0.15) is 0 Å². The first-order chi connectivity index (χ1) is 8.74. The molecule has 0 N–H and O–H groups in total. The molecule has 2 fully saturated rings. The molecule has 1 saturated heterocycles. The van der Waals surface area contributed by atoms with Crippen molar-refractivity contribution in [1.29, 1.82) is 0 Å². The van der Waals surface area contributed by atoms with Crippen molar-refractivity contribution in [3.63, 3.8) is 0 Å². The monoisotopic (exact) mass is 259 g/mol. The minimum Gasteiger partial charge on any atom is -0.399 e.